The Bertz CT molecular complexity index is 786. The van der Waals surface area contributed by atoms with Crippen molar-refractivity contribution < 1.29 is 0 Å². The summed E-state index contributed by atoms with van der Waals surface area (Å²) in [5.74, 6) is 0.574. The molecule has 0 saturated carbocycles. The number of pyridine rings is 2. The minimum Gasteiger partial charge on any atom is -0.396 e. The van der Waals surface area contributed by atoms with E-state index < -0.39 is 0 Å². The second kappa shape index (κ2) is 4.98. The zero-order chi connectivity index (χ0) is 14.1. The van der Waals surface area contributed by atoms with Gasteiger partial charge in [0.05, 0.1) is 21.9 Å². The number of para-hydroxylation sites is 1. The molecule has 0 atom stereocenters. The quantitative estimate of drug-likeness (QED) is 0.749. The van der Waals surface area contributed by atoms with Gasteiger partial charge in [0.15, 0.2) is 5.82 Å². The van der Waals surface area contributed by atoms with Gasteiger partial charge in [-0.2, -0.15) is 0 Å². The fourth-order valence-electron chi connectivity index (χ4n) is 2.03. The maximum Gasteiger partial charge on any atom is 0.153 e. The Labute approximate surface area is 121 Å². The summed E-state index contributed by atoms with van der Waals surface area (Å²) in [6, 6.07) is 11.6. The largest absolute Gasteiger partial charge is 0.396 e. The van der Waals surface area contributed by atoms with E-state index in [1.807, 2.05) is 37.3 Å². The Balaban J connectivity index is 2.08. The fourth-order valence-corrected chi connectivity index (χ4v) is 2.20. The van der Waals surface area contributed by atoms with Gasteiger partial charge >= 0.3 is 0 Å². The molecule has 5 heteroatoms. The highest BCUT2D eigenvalue weighted by atomic mass is 35.5. The number of anilines is 3. The second-order valence-electron chi connectivity index (χ2n) is 4.55. The predicted octanol–water partition coefficient (Wildman–Crippen LogP) is 3.92. The van der Waals surface area contributed by atoms with E-state index in [0.717, 1.165) is 22.3 Å². The number of nitrogen functional groups attached to an aromatic ring is 1. The van der Waals surface area contributed by atoms with Gasteiger partial charge in [-0.05, 0) is 25.1 Å². The van der Waals surface area contributed by atoms with E-state index >= 15 is 0 Å². The first-order valence-corrected chi connectivity index (χ1v) is 6.56. The summed E-state index contributed by atoms with van der Waals surface area (Å²) in [5.41, 5.74) is 9.14. The molecule has 0 radical (unpaired) electrons. The van der Waals surface area contributed by atoms with Crippen LogP contribution in [0.3, 0.4) is 0 Å². The fraction of sp³-hybridized carbons (Fsp3) is 0.0667. The highest BCUT2D eigenvalue weighted by Gasteiger charge is 2.06. The molecule has 2 heterocycles. The van der Waals surface area contributed by atoms with Crippen molar-refractivity contribution in [3.8, 4) is 0 Å². The molecule has 4 nitrogen and oxygen atoms in total. The van der Waals surface area contributed by atoms with Crippen LogP contribution in [0.2, 0.25) is 5.02 Å². The van der Waals surface area contributed by atoms with E-state index in [2.05, 4.69) is 15.3 Å². The van der Waals surface area contributed by atoms with E-state index in [0.29, 0.717) is 16.5 Å². The van der Waals surface area contributed by atoms with Crippen LogP contribution >= 0.6 is 11.6 Å². The zero-order valence-corrected chi connectivity index (χ0v) is 11.6. The van der Waals surface area contributed by atoms with E-state index in [1.54, 1.807) is 12.3 Å². The number of halogens is 1. The van der Waals surface area contributed by atoms with Gasteiger partial charge in [0.25, 0.3) is 0 Å². The average molecular weight is 285 g/mol. The predicted molar refractivity (Wildman–Crippen MR) is 83.4 cm³/mol. The van der Waals surface area contributed by atoms with Gasteiger partial charge in [0, 0.05) is 17.3 Å². The lowest BCUT2D eigenvalue weighted by molar-refractivity contribution is 1.25. The first kappa shape index (κ1) is 12.7. The third-order valence-electron chi connectivity index (χ3n) is 3.00. The van der Waals surface area contributed by atoms with Crippen molar-refractivity contribution in [3.63, 3.8) is 0 Å². The van der Waals surface area contributed by atoms with Gasteiger partial charge in [-0.15, -0.1) is 0 Å². The topological polar surface area (TPSA) is 63.8 Å². The number of nitrogens with zero attached hydrogens (tertiary/aromatic N) is 2. The molecule has 3 N–H and O–H groups in total. The number of hydrogen-bond acceptors (Lipinski definition) is 4. The molecule has 0 aliphatic heterocycles. The van der Waals surface area contributed by atoms with Crippen molar-refractivity contribution in [1.82, 2.24) is 9.97 Å². The van der Waals surface area contributed by atoms with Crippen molar-refractivity contribution in [3.05, 3.63) is 53.3 Å². The van der Waals surface area contributed by atoms with Crippen molar-refractivity contribution in [2.45, 2.75) is 6.92 Å². The third kappa shape index (κ3) is 2.38. The lowest BCUT2D eigenvalue weighted by atomic mass is 10.1. The molecule has 20 heavy (non-hydrogen) atoms. The Morgan fingerprint density at radius 2 is 2.05 bits per heavy atom. The normalized spacial score (nSPS) is 10.7. The highest BCUT2D eigenvalue weighted by Crippen LogP contribution is 2.27. The molecule has 1 aromatic carbocycles. The number of hydrogen-bond donors (Lipinski definition) is 2. The van der Waals surface area contributed by atoms with Crippen LogP contribution in [-0.2, 0) is 0 Å². The summed E-state index contributed by atoms with van der Waals surface area (Å²) in [6.07, 6.45) is 1.56. The molecule has 0 aliphatic rings. The first-order chi connectivity index (χ1) is 9.63. The minimum atomic E-state index is 0.502. The van der Waals surface area contributed by atoms with Gasteiger partial charge in [-0.3, -0.25) is 4.98 Å². The summed E-state index contributed by atoms with van der Waals surface area (Å²) in [6.45, 7) is 1.96. The van der Waals surface area contributed by atoms with Crippen LogP contribution in [0.5, 0.6) is 0 Å². The Morgan fingerprint density at radius 3 is 2.85 bits per heavy atom. The molecule has 0 amide bonds. The molecular formula is C15H13ClN4. The first-order valence-electron chi connectivity index (χ1n) is 6.18. The minimum absolute atomic E-state index is 0.502. The number of aromatic nitrogens is 2. The molecule has 0 fully saturated rings. The molecule has 0 spiro atoms. The van der Waals surface area contributed by atoms with Gasteiger partial charge in [0.1, 0.15) is 0 Å². The van der Waals surface area contributed by atoms with Crippen LogP contribution in [0.15, 0.2) is 42.6 Å². The SMILES string of the molecule is Cc1ccc2cccc(Nc3ncc(Cl)cc3N)c2n1. The van der Waals surface area contributed by atoms with Crippen molar-refractivity contribution in [2.24, 2.45) is 0 Å². The maximum absolute atomic E-state index is 5.91. The molecule has 2 aromatic heterocycles. The van der Waals surface area contributed by atoms with Gasteiger partial charge in [-0.25, -0.2) is 4.98 Å². The summed E-state index contributed by atoms with van der Waals surface area (Å²) < 4.78 is 0. The second-order valence-corrected chi connectivity index (χ2v) is 4.98. The Hall–Kier alpha value is -2.33. The lowest BCUT2D eigenvalue weighted by Gasteiger charge is -2.11. The molecule has 3 aromatic rings. The standard InChI is InChI=1S/C15H13ClN4/c1-9-5-6-10-3-2-4-13(14(10)19-9)20-15-12(17)7-11(16)8-18-15/h2-8H,17H2,1H3,(H,18,20). The summed E-state index contributed by atoms with van der Waals surface area (Å²) in [5, 5.41) is 4.79. The average Bonchev–Trinajstić information content (AvgIpc) is 2.42. The summed E-state index contributed by atoms with van der Waals surface area (Å²) >= 11 is 5.85. The molecule has 3 rings (SSSR count). The van der Waals surface area contributed by atoms with E-state index in [9.17, 15) is 0 Å². The molecule has 100 valence electrons. The number of aryl methyl sites for hydroxylation is 1. The molecule has 0 bridgehead atoms. The highest BCUT2D eigenvalue weighted by molar-refractivity contribution is 6.30. The lowest BCUT2D eigenvalue weighted by Crippen LogP contribution is -2.00. The summed E-state index contributed by atoms with van der Waals surface area (Å²) in [4.78, 5) is 8.77. The van der Waals surface area contributed by atoms with Crippen molar-refractivity contribution in [2.75, 3.05) is 11.1 Å². The molecule has 0 aliphatic carbocycles. The van der Waals surface area contributed by atoms with Crippen LogP contribution in [0.1, 0.15) is 5.69 Å². The smallest absolute Gasteiger partial charge is 0.153 e. The van der Waals surface area contributed by atoms with Gasteiger partial charge in [0.2, 0.25) is 0 Å². The maximum atomic E-state index is 5.91. The Morgan fingerprint density at radius 1 is 1.20 bits per heavy atom. The Kier molecular flexibility index (Phi) is 3.16. The number of nitrogens with two attached hydrogens (primary N) is 1. The number of nitrogens with one attached hydrogen (secondary N) is 1. The van der Waals surface area contributed by atoms with Crippen LogP contribution in [-0.4, -0.2) is 9.97 Å². The monoisotopic (exact) mass is 284 g/mol. The van der Waals surface area contributed by atoms with Gasteiger partial charge in [-0.1, -0.05) is 29.8 Å². The van der Waals surface area contributed by atoms with Crippen LogP contribution in [0.25, 0.3) is 10.9 Å². The molecular weight excluding hydrogens is 272 g/mol. The van der Waals surface area contributed by atoms with Crippen molar-refractivity contribution >= 4 is 39.7 Å². The van der Waals surface area contributed by atoms with Crippen molar-refractivity contribution in [1.29, 1.82) is 0 Å². The van der Waals surface area contributed by atoms with Crippen LogP contribution in [0.4, 0.5) is 17.2 Å². The van der Waals surface area contributed by atoms with E-state index in [1.165, 1.54) is 0 Å². The van der Waals surface area contributed by atoms with Crippen LogP contribution < -0.4 is 11.1 Å². The third-order valence-corrected chi connectivity index (χ3v) is 3.20. The number of rotatable bonds is 2. The van der Waals surface area contributed by atoms with E-state index in [4.69, 9.17) is 17.3 Å². The molecule has 0 unspecified atom stereocenters. The molecule has 0 saturated heterocycles. The zero-order valence-electron chi connectivity index (χ0n) is 10.9. The van der Waals surface area contributed by atoms with E-state index in [-0.39, 0.29) is 0 Å². The summed E-state index contributed by atoms with van der Waals surface area (Å²) in [7, 11) is 0. The number of benzene rings is 1. The van der Waals surface area contributed by atoms with Gasteiger partial charge < -0.3 is 11.1 Å². The number of fused-ring (bicyclic) bond motifs is 1. The van der Waals surface area contributed by atoms with Crippen LogP contribution in [0, 0.1) is 6.92 Å².